The lowest BCUT2D eigenvalue weighted by molar-refractivity contribution is 0.299. The molecule has 1 atom stereocenters. The van der Waals surface area contributed by atoms with Crippen molar-refractivity contribution < 1.29 is 4.63 Å². The molecule has 0 radical (unpaired) electrons. The van der Waals surface area contributed by atoms with Crippen molar-refractivity contribution in [2.75, 3.05) is 0 Å². The molecule has 0 aliphatic carbocycles. The van der Waals surface area contributed by atoms with Gasteiger partial charge in [0.2, 0.25) is 0 Å². The zero-order chi connectivity index (χ0) is 11.4. The highest BCUT2D eigenvalue weighted by molar-refractivity contribution is 7.10. The predicted molar refractivity (Wildman–Crippen MR) is 63.2 cm³/mol. The molecule has 1 unspecified atom stereocenters. The van der Waals surface area contributed by atoms with E-state index in [-0.39, 0.29) is 0 Å². The van der Waals surface area contributed by atoms with Crippen LogP contribution in [0.25, 0.3) is 0 Å². The third kappa shape index (κ3) is 2.48. The molecule has 0 bridgehead atoms. The number of nitrogens with zero attached hydrogens (tertiary/aromatic N) is 2. The van der Waals surface area contributed by atoms with E-state index in [2.05, 4.69) is 44.7 Å². The van der Waals surface area contributed by atoms with Gasteiger partial charge >= 0.3 is 0 Å². The van der Waals surface area contributed by atoms with E-state index in [4.69, 9.17) is 0 Å². The first kappa shape index (κ1) is 11.3. The summed E-state index contributed by atoms with van der Waals surface area (Å²) < 4.78 is 4.66. The maximum Gasteiger partial charge on any atom is 0.121 e. The fraction of sp³-hybridized carbons (Fsp3) is 0.455. The van der Waals surface area contributed by atoms with Crippen molar-refractivity contribution in [2.45, 2.75) is 32.9 Å². The SMILES string of the molecule is CCC(NCc1nonc1C)c1cccs1. The lowest BCUT2D eigenvalue weighted by Gasteiger charge is -2.14. The highest BCUT2D eigenvalue weighted by atomic mass is 32.1. The summed E-state index contributed by atoms with van der Waals surface area (Å²) >= 11 is 1.78. The van der Waals surface area contributed by atoms with Gasteiger partial charge in [0.05, 0.1) is 0 Å². The van der Waals surface area contributed by atoms with Crippen LogP contribution in [-0.2, 0) is 6.54 Å². The molecule has 0 aliphatic rings. The van der Waals surface area contributed by atoms with E-state index >= 15 is 0 Å². The van der Waals surface area contributed by atoms with E-state index in [0.29, 0.717) is 12.6 Å². The number of rotatable bonds is 5. The molecule has 2 heterocycles. The molecule has 1 N–H and O–H groups in total. The average molecular weight is 237 g/mol. The summed E-state index contributed by atoms with van der Waals surface area (Å²) in [6.45, 7) is 4.77. The molecule has 86 valence electrons. The minimum atomic E-state index is 0.385. The van der Waals surface area contributed by atoms with Crippen molar-refractivity contribution in [1.29, 1.82) is 0 Å². The summed E-state index contributed by atoms with van der Waals surface area (Å²) in [7, 11) is 0. The molecule has 0 aromatic carbocycles. The first-order chi connectivity index (χ1) is 7.81. The average Bonchev–Trinajstić information content (AvgIpc) is 2.92. The number of aromatic nitrogens is 2. The highest BCUT2D eigenvalue weighted by Gasteiger charge is 2.11. The van der Waals surface area contributed by atoms with Crippen molar-refractivity contribution in [2.24, 2.45) is 0 Å². The van der Waals surface area contributed by atoms with Crippen LogP contribution >= 0.6 is 11.3 Å². The lowest BCUT2D eigenvalue weighted by Crippen LogP contribution is -2.20. The molecule has 0 aliphatic heterocycles. The standard InChI is InChI=1S/C11H15N3OS/c1-3-9(11-5-4-6-16-11)12-7-10-8(2)13-15-14-10/h4-6,9,12H,3,7H2,1-2H3. The summed E-state index contributed by atoms with van der Waals surface area (Å²) in [5.41, 5.74) is 1.74. The maximum atomic E-state index is 4.66. The van der Waals surface area contributed by atoms with Crippen molar-refractivity contribution in [1.82, 2.24) is 15.6 Å². The predicted octanol–water partition coefficient (Wildman–Crippen LogP) is 2.68. The van der Waals surface area contributed by atoms with Gasteiger partial charge < -0.3 is 5.32 Å². The van der Waals surface area contributed by atoms with E-state index < -0.39 is 0 Å². The van der Waals surface area contributed by atoms with Crippen molar-refractivity contribution in [3.05, 3.63) is 33.8 Å². The van der Waals surface area contributed by atoms with E-state index in [0.717, 1.165) is 17.8 Å². The summed E-state index contributed by atoms with van der Waals surface area (Å²) in [6.07, 6.45) is 1.06. The lowest BCUT2D eigenvalue weighted by atomic mass is 10.2. The molecule has 0 amide bonds. The monoisotopic (exact) mass is 237 g/mol. The van der Waals surface area contributed by atoms with E-state index in [1.165, 1.54) is 4.88 Å². The Morgan fingerprint density at radius 3 is 2.94 bits per heavy atom. The van der Waals surface area contributed by atoms with Crippen LogP contribution in [0, 0.1) is 6.92 Å². The van der Waals surface area contributed by atoms with Crippen LogP contribution < -0.4 is 5.32 Å². The van der Waals surface area contributed by atoms with Gasteiger partial charge in [0.1, 0.15) is 11.4 Å². The van der Waals surface area contributed by atoms with Crippen LogP contribution in [0.15, 0.2) is 22.1 Å². The van der Waals surface area contributed by atoms with Gasteiger partial charge in [0.25, 0.3) is 0 Å². The normalized spacial score (nSPS) is 12.9. The Bertz CT molecular complexity index is 424. The zero-order valence-electron chi connectivity index (χ0n) is 9.43. The first-order valence-electron chi connectivity index (χ1n) is 5.36. The summed E-state index contributed by atoms with van der Waals surface area (Å²) in [4.78, 5) is 1.36. The highest BCUT2D eigenvalue weighted by Crippen LogP contribution is 2.22. The molecular weight excluding hydrogens is 222 g/mol. The molecule has 0 fully saturated rings. The molecule has 4 nitrogen and oxygen atoms in total. The second-order valence-corrected chi connectivity index (χ2v) is 4.63. The Balaban J connectivity index is 1.96. The van der Waals surface area contributed by atoms with Crippen molar-refractivity contribution >= 4 is 11.3 Å². The zero-order valence-corrected chi connectivity index (χ0v) is 10.3. The summed E-state index contributed by atoms with van der Waals surface area (Å²) in [5.74, 6) is 0. The van der Waals surface area contributed by atoms with Gasteiger partial charge in [-0.1, -0.05) is 23.3 Å². The second kappa shape index (κ2) is 5.23. The van der Waals surface area contributed by atoms with Gasteiger partial charge in [-0.2, -0.15) is 0 Å². The van der Waals surface area contributed by atoms with Crippen LogP contribution in [0.5, 0.6) is 0 Å². The summed E-state index contributed by atoms with van der Waals surface area (Å²) in [6, 6.07) is 4.61. The van der Waals surface area contributed by atoms with Gasteiger partial charge in [0, 0.05) is 17.5 Å². The van der Waals surface area contributed by atoms with Crippen LogP contribution in [0.4, 0.5) is 0 Å². The molecular formula is C11H15N3OS. The molecule has 2 rings (SSSR count). The smallest absolute Gasteiger partial charge is 0.121 e. The summed E-state index contributed by atoms with van der Waals surface area (Å²) in [5, 5.41) is 13.2. The maximum absolute atomic E-state index is 4.66. The minimum Gasteiger partial charge on any atom is -0.303 e. The van der Waals surface area contributed by atoms with Gasteiger partial charge in [-0.25, -0.2) is 4.63 Å². The van der Waals surface area contributed by atoms with Gasteiger partial charge in [-0.15, -0.1) is 11.3 Å². The molecule has 0 spiro atoms. The first-order valence-corrected chi connectivity index (χ1v) is 6.24. The number of aryl methyl sites for hydroxylation is 1. The Kier molecular flexibility index (Phi) is 3.69. The van der Waals surface area contributed by atoms with Crippen LogP contribution in [-0.4, -0.2) is 10.3 Å². The van der Waals surface area contributed by atoms with Crippen molar-refractivity contribution in [3.63, 3.8) is 0 Å². The molecule has 2 aromatic rings. The number of hydrogen-bond donors (Lipinski definition) is 1. The van der Waals surface area contributed by atoms with E-state index in [1.54, 1.807) is 11.3 Å². The molecule has 2 aromatic heterocycles. The fourth-order valence-electron chi connectivity index (χ4n) is 1.57. The largest absolute Gasteiger partial charge is 0.303 e. The van der Waals surface area contributed by atoms with E-state index in [9.17, 15) is 0 Å². The molecule has 5 heteroatoms. The van der Waals surface area contributed by atoms with Crippen LogP contribution in [0.3, 0.4) is 0 Å². The Labute approximate surface area is 98.6 Å². The van der Waals surface area contributed by atoms with E-state index in [1.807, 2.05) is 6.92 Å². The quantitative estimate of drug-likeness (QED) is 0.868. The molecule has 16 heavy (non-hydrogen) atoms. The third-order valence-electron chi connectivity index (χ3n) is 2.56. The van der Waals surface area contributed by atoms with Gasteiger partial charge in [0.15, 0.2) is 0 Å². The van der Waals surface area contributed by atoms with Crippen molar-refractivity contribution in [3.8, 4) is 0 Å². The topological polar surface area (TPSA) is 51.0 Å². The minimum absolute atomic E-state index is 0.385. The second-order valence-electron chi connectivity index (χ2n) is 3.65. The third-order valence-corrected chi connectivity index (χ3v) is 3.54. The fourth-order valence-corrected chi connectivity index (χ4v) is 2.45. The van der Waals surface area contributed by atoms with Gasteiger partial charge in [-0.3, -0.25) is 0 Å². The number of thiophene rings is 1. The van der Waals surface area contributed by atoms with Crippen LogP contribution in [0.2, 0.25) is 0 Å². The van der Waals surface area contributed by atoms with Gasteiger partial charge in [-0.05, 0) is 24.8 Å². The molecule has 0 saturated heterocycles. The number of nitrogens with one attached hydrogen (secondary N) is 1. The Morgan fingerprint density at radius 1 is 1.50 bits per heavy atom. The Morgan fingerprint density at radius 2 is 2.38 bits per heavy atom. The Hall–Kier alpha value is -1.20. The number of hydrogen-bond acceptors (Lipinski definition) is 5. The van der Waals surface area contributed by atoms with Crippen LogP contribution in [0.1, 0.15) is 35.7 Å². The molecule has 0 saturated carbocycles.